The predicted molar refractivity (Wildman–Crippen MR) is 145 cm³/mol. The van der Waals surface area contributed by atoms with E-state index in [1.807, 2.05) is 13.0 Å². The molecule has 39 heavy (non-hydrogen) atoms. The number of halogens is 2. The summed E-state index contributed by atoms with van der Waals surface area (Å²) in [6.45, 7) is 1.24. The van der Waals surface area contributed by atoms with Crippen LogP contribution in [-0.2, 0) is 4.79 Å². The fourth-order valence-electron chi connectivity index (χ4n) is 8.29. The molecule has 0 radical (unpaired) electrons. The zero-order valence-electron chi connectivity index (χ0n) is 22.4. The van der Waals surface area contributed by atoms with Gasteiger partial charge in [-0.05, 0) is 110 Å². The van der Waals surface area contributed by atoms with Crippen molar-refractivity contribution in [1.29, 1.82) is 0 Å². The summed E-state index contributed by atoms with van der Waals surface area (Å²) in [4.78, 5) is 11.5. The number of aliphatic hydroxyl groups excluding tert-OH is 1. The minimum absolute atomic E-state index is 0.00186. The second-order valence-corrected chi connectivity index (χ2v) is 12.4. The van der Waals surface area contributed by atoms with Crippen LogP contribution in [0, 0.1) is 29.6 Å². The van der Waals surface area contributed by atoms with Crippen molar-refractivity contribution in [3.8, 4) is 12.3 Å². The maximum atomic E-state index is 15.3. The van der Waals surface area contributed by atoms with Gasteiger partial charge in [0.15, 0.2) is 0 Å². The topological polar surface area (TPSA) is 81.9 Å². The van der Waals surface area contributed by atoms with Gasteiger partial charge in [-0.25, -0.2) is 5.43 Å². The first kappa shape index (κ1) is 26.4. The van der Waals surface area contributed by atoms with Gasteiger partial charge in [0.2, 0.25) is 0 Å². The van der Waals surface area contributed by atoms with Crippen molar-refractivity contribution in [2.75, 3.05) is 6.61 Å². The largest absolute Gasteiger partial charge is 0.386 e. The minimum Gasteiger partial charge on any atom is -0.386 e. The number of benzene rings is 1. The number of carbonyl (C=O) groups excluding carboxylic acids is 1. The molecule has 0 heterocycles. The van der Waals surface area contributed by atoms with Gasteiger partial charge in [-0.15, -0.1) is 6.42 Å². The number of alkyl halides is 2. The zero-order valence-corrected chi connectivity index (χ0v) is 22.4. The van der Waals surface area contributed by atoms with Crippen LogP contribution in [0.25, 0.3) is 0 Å². The van der Waals surface area contributed by atoms with Crippen molar-refractivity contribution in [2.45, 2.75) is 88.1 Å². The lowest BCUT2D eigenvalue weighted by Crippen LogP contribution is -2.60. The quantitative estimate of drug-likeness (QED) is 0.352. The van der Waals surface area contributed by atoms with E-state index in [4.69, 9.17) is 11.5 Å². The van der Waals surface area contributed by atoms with Crippen LogP contribution < -0.4 is 5.43 Å². The molecular weight excluding hydrogens is 498 g/mol. The number of nitrogens with zero attached hydrogens (tertiary/aromatic N) is 1. The van der Waals surface area contributed by atoms with E-state index in [-0.39, 0.29) is 24.2 Å². The normalized spacial score (nSPS) is 35.0. The van der Waals surface area contributed by atoms with Gasteiger partial charge >= 0.3 is 5.92 Å². The van der Waals surface area contributed by atoms with Crippen LogP contribution in [0.2, 0.25) is 0 Å². The van der Waals surface area contributed by atoms with Crippen LogP contribution in [0.15, 0.2) is 52.2 Å². The Hall–Kier alpha value is -2.82. The molecule has 5 aliphatic carbocycles. The van der Waals surface area contributed by atoms with Crippen LogP contribution in [0.4, 0.5) is 8.78 Å². The molecule has 7 heteroatoms. The molecule has 3 N–H and O–H groups in total. The average Bonchev–Trinajstić information content (AvgIpc) is 3.76. The lowest BCUT2D eigenvalue weighted by Gasteiger charge is -2.55. The Morgan fingerprint density at radius 1 is 1.15 bits per heavy atom. The summed E-state index contributed by atoms with van der Waals surface area (Å²) in [6, 6.07) is 8.71. The summed E-state index contributed by atoms with van der Waals surface area (Å²) in [5.41, 5.74) is 6.16. The molecule has 3 saturated carbocycles. The standard InChI is InChI=1S/C32H36F2N2O3/c1-3-32(33,34)31(39)15-14-27-25-12-10-22-16-23(35-36-28(38)18-37)11-13-24(22)29(25)26(17-30(27,31)2)21-8-6-20(7-9-21)19-4-5-19/h1,6-9,16,19,25-27,37,39H,4-5,10-15,17-18H2,2H3,(H,36,38)/b35-23+/t25-,26?,27-,30-,31-/m0/s1. The second-order valence-electron chi connectivity index (χ2n) is 12.4. The Bertz CT molecular complexity index is 1320. The van der Waals surface area contributed by atoms with Crippen molar-refractivity contribution >= 4 is 11.6 Å². The third kappa shape index (κ3) is 4.10. The van der Waals surface area contributed by atoms with Gasteiger partial charge in [-0.1, -0.05) is 36.8 Å². The number of amides is 1. The van der Waals surface area contributed by atoms with Gasteiger partial charge in [0.25, 0.3) is 5.91 Å². The molecule has 0 bridgehead atoms. The predicted octanol–water partition coefficient (Wildman–Crippen LogP) is 5.36. The average molecular weight is 535 g/mol. The Morgan fingerprint density at radius 2 is 1.87 bits per heavy atom. The molecule has 0 aliphatic heterocycles. The van der Waals surface area contributed by atoms with E-state index in [0.717, 1.165) is 30.5 Å². The summed E-state index contributed by atoms with van der Waals surface area (Å²) < 4.78 is 30.5. The molecule has 5 atom stereocenters. The van der Waals surface area contributed by atoms with Crippen molar-refractivity contribution < 1.29 is 23.8 Å². The maximum absolute atomic E-state index is 15.3. The molecular formula is C32H36F2N2O3. The molecule has 206 valence electrons. The number of hydrogen-bond donors (Lipinski definition) is 3. The van der Waals surface area contributed by atoms with Crippen LogP contribution in [0.1, 0.15) is 87.7 Å². The van der Waals surface area contributed by atoms with Crippen molar-refractivity contribution in [1.82, 2.24) is 5.43 Å². The molecule has 0 aromatic heterocycles. The number of hydrogen-bond acceptors (Lipinski definition) is 4. The van der Waals surface area contributed by atoms with E-state index in [1.165, 1.54) is 35.1 Å². The Labute approximate surface area is 228 Å². The van der Waals surface area contributed by atoms with Gasteiger partial charge in [-0.3, -0.25) is 4.79 Å². The van der Waals surface area contributed by atoms with E-state index in [2.05, 4.69) is 34.8 Å². The third-order valence-electron chi connectivity index (χ3n) is 10.5. The highest BCUT2D eigenvalue weighted by Crippen LogP contribution is 2.69. The van der Waals surface area contributed by atoms with Gasteiger partial charge in [0.1, 0.15) is 12.2 Å². The van der Waals surface area contributed by atoms with Gasteiger partial charge < -0.3 is 10.2 Å². The number of allylic oxidation sites excluding steroid dienone is 4. The van der Waals surface area contributed by atoms with E-state index in [9.17, 15) is 9.90 Å². The summed E-state index contributed by atoms with van der Waals surface area (Å²) in [7, 11) is 0. The molecule has 0 saturated heterocycles. The van der Waals surface area contributed by atoms with Gasteiger partial charge in [-0.2, -0.15) is 13.9 Å². The van der Waals surface area contributed by atoms with Crippen LogP contribution in [0.5, 0.6) is 0 Å². The third-order valence-corrected chi connectivity index (χ3v) is 10.5. The van der Waals surface area contributed by atoms with Crippen LogP contribution in [0.3, 0.4) is 0 Å². The number of rotatable bonds is 5. The lowest BCUT2D eigenvalue weighted by molar-refractivity contribution is -0.209. The van der Waals surface area contributed by atoms with Crippen LogP contribution in [-0.4, -0.2) is 40.0 Å². The first-order valence-electron chi connectivity index (χ1n) is 14.2. The molecule has 1 aromatic carbocycles. The minimum atomic E-state index is -3.60. The fourth-order valence-corrected chi connectivity index (χ4v) is 8.29. The van der Waals surface area contributed by atoms with E-state index in [0.29, 0.717) is 25.2 Å². The maximum Gasteiger partial charge on any atom is 0.336 e. The van der Waals surface area contributed by atoms with E-state index >= 15 is 8.78 Å². The zero-order chi connectivity index (χ0) is 27.6. The molecule has 5 nitrogen and oxygen atoms in total. The summed E-state index contributed by atoms with van der Waals surface area (Å²) in [6.07, 6.45) is 13.7. The number of fused-ring (bicyclic) bond motifs is 4. The molecule has 1 aromatic rings. The van der Waals surface area contributed by atoms with Gasteiger partial charge in [0, 0.05) is 11.3 Å². The SMILES string of the molecule is C#CC(F)(F)[C@]1(O)CC[C@H]2[C@@H]3CCC4=C/C(=N/NC(=O)CO)CCC4=C3C(c3ccc(C4CC4)cc3)C[C@@]21C. The van der Waals surface area contributed by atoms with Crippen LogP contribution >= 0.6 is 0 Å². The molecule has 6 rings (SSSR count). The Balaban J connectivity index is 1.44. The molecule has 3 fully saturated rings. The van der Waals surface area contributed by atoms with Crippen molar-refractivity contribution in [3.05, 3.63) is 58.2 Å². The number of carbonyl (C=O) groups is 1. The Morgan fingerprint density at radius 3 is 2.54 bits per heavy atom. The number of hydrazone groups is 1. The molecule has 0 spiro atoms. The smallest absolute Gasteiger partial charge is 0.336 e. The number of nitrogens with one attached hydrogen (secondary N) is 1. The van der Waals surface area contributed by atoms with E-state index < -0.39 is 29.5 Å². The lowest BCUT2D eigenvalue weighted by atomic mass is 9.50. The first-order valence-corrected chi connectivity index (χ1v) is 14.2. The highest BCUT2D eigenvalue weighted by Gasteiger charge is 2.71. The highest BCUT2D eigenvalue weighted by molar-refractivity contribution is 5.98. The Kier molecular flexibility index (Phi) is 6.35. The number of aliphatic hydroxyl groups is 2. The van der Waals surface area contributed by atoms with Crippen molar-refractivity contribution in [2.24, 2.45) is 22.4 Å². The fraction of sp³-hybridized carbons (Fsp3) is 0.562. The molecule has 5 aliphatic rings. The first-order chi connectivity index (χ1) is 18.6. The summed E-state index contributed by atoms with van der Waals surface area (Å²) in [5.74, 6) is -1.94. The van der Waals surface area contributed by atoms with Crippen molar-refractivity contribution in [3.63, 3.8) is 0 Å². The van der Waals surface area contributed by atoms with Gasteiger partial charge in [0.05, 0.1) is 5.71 Å². The van der Waals surface area contributed by atoms with E-state index in [1.54, 1.807) is 5.92 Å². The second kappa shape index (κ2) is 9.38. The highest BCUT2D eigenvalue weighted by atomic mass is 19.3. The number of terminal acetylenes is 1. The molecule has 1 unspecified atom stereocenters. The summed E-state index contributed by atoms with van der Waals surface area (Å²) >= 11 is 0. The summed E-state index contributed by atoms with van der Waals surface area (Å²) in [5, 5.41) is 24.8. The molecule has 1 amide bonds. The monoisotopic (exact) mass is 534 g/mol.